The number of pyridine rings is 1. The summed E-state index contributed by atoms with van der Waals surface area (Å²) in [5.41, 5.74) is 0.596. The van der Waals surface area contributed by atoms with E-state index in [9.17, 15) is 4.79 Å². The lowest BCUT2D eigenvalue weighted by molar-refractivity contribution is 0.0952. The van der Waals surface area contributed by atoms with Crippen LogP contribution in [0.5, 0.6) is 0 Å². The Labute approximate surface area is 109 Å². The van der Waals surface area contributed by atoms with Crippen LogP contribution in [-0.4, -0.2) is 30.0 Å². The van der Waals surface area contributed by atoms with E-state index in [1.165, 1.54) is 12.8 Å². The second kappa shape index (κ2) is 6.12. The van der Waals surface area contributed by atoms with Crippen molar-refractivity contribution in [2.45, 2.75) is 25.3 Å². The number of hydrogen-bond acceptors (Lipinski definition) is 3. The first-order valence-electron chi connectivity index (χ1n) is 5.88. The first kappa shape index (κ1) is 12.5. The van der Waals surface area contributed by atoms with E-state index < -0.39 is 0 Å². The van der Waals surface area contributed by atoms with Crippen molar-refractivity contribution >= 4 is 21.8 Å². The molecule has 1 fully saturated rings. The molecule has 1 aromatic heterocycles. The van der Waals surface area contributed by atoms with E-state index in [4.69, 9.17) is 0 Å². The number of carbonyl (C=O) groups is 1. The van der Waals surface area contributed by atoms with E-state index in [2.05, 4.69) is 31.5 Å². The Bertz CT molecular complexity index is 391. The molecule has 0 aliphatic carbocycles. The molecule has 1 aliphatic rings. The molecule has 1 atom stereocenters. The summed E-state index contributed by atoms with van der Waals surface area (Å²) in [5.74, 6) is -0.0585. The number of nitrogens with one attached hydrogen (secondary N) is 2. The molecule has 0 bridgehead atoms. The smallest absolute Gasteiger partial charge is 0.252 e. The predicted octanol–water partition coefficient (Wildman–Crippen LogP) is 1.72. The molecule has 4 nitrogen and oxygen atoms in total. The summed E-state index contributed by atoms with van der Waals surface area (Å²) in [6, 6.07) is 2.34. The standard InChI is InChI=1S/C12H16BrN3O/c13-10-6-9(7-14-8-10)12(17)16-5-3-11-2-1-4-15-11/h6-8,11,15H,1-5H2,(H,16,17)/t11-/m0/s1. The molecule has 2 rings (SSSR count). The average molecular weight is 298 g/mol. The molecule has 1 aromatic rings. The van der Waals surface area contributed by atoms with E-state index in [1.807, 2.05) is 0 Å². The van der Waals surface area contributed by atoms with Crippen molar-refractivity contribution in [1.82, 2.24) is 15.6 Å². The van der Waals surface area contributed by atoms with Gasteiger partial charge in [0.2, 0.25) is 0 Å². The number of rotatable bonds is 4. The van der Waals surface area contributed by atoms with Gasteiger partial charge in [0, 0.05) is 29.5 Å². The molecule has 1 saturated heterocycles. The fraction of sp³-hybridized carbons (Fsp3) is 0.500. The minimum atomic E-state index is -0.0585. The van der Waals surface area contributed by atoms with Crippen LogP contribution in [-0.2, 0) is 0 Å². The highest BCUT2D eigenvalue weighted by atomic mass is 79.9. The molecule has 0 saturated carbocycles. The van der Waals surface area contributed by atoms with Crippen molar-refractivity contribution in [3.05, 3.63) is 28.5 Å². The Hall–Kier alpha value is -0.940. The maximum absolute atomic E-state index is 11.8. The van der Waals surface area contributed by atoms with Crippen LogP contribution in [0.25, 0.3) is 0 Å². The third kappa shape index (κ3) is 3.78. The fourth-order valence-electron chi connectivity index (χ4n) is 2.00. The van der Waals surface area contributed by atoms with Crippen LogP contribution in [0.15, 0.2) is 22.9 Å². The van der Waals surface area contributed by atoms with Gasteiger partial charge < -0.3 is 10.6 Å². The summed E-state index contributed by atoms with van der Waals surface area (Å²) >= 11 is 3.30. The predicted molar refractivity (Wildman–Crippen MR) is 69.9 cm³/mol. The normalized spacial score (nSPS) is 19.2. The Morgan fingerprint density at radius 2 is 2.47 bits per heavy atom. The Morgan fingerprint density at radius 1 is 1.59 bits per heavy atom. The fourth-order valence-corrected chi connectivity index (χ4v) is 2.37. The van der Waals surface area contributed by atoms with E-state index in [-0.39, 0.29) is 5.91 Å². The van der Waals surface area contributed by atoms with Gasteiger partial charge in [0.1, 0.15) is 0 Å². The van der Waals surface area contributed by atoms with Gasteiger partial charge in [-0.3, -0.25) is 9.78 Å². The molecule has 1 amide bonds. The highest BCUT2D eigenvalue weighted by Gasteiger charge is 2.14. The summed E-state index contributed by atoms with van der Waals surface area (Å²) < 4.78 is 0.822. The van der Waals surface area contributed by atoms with Crippen LogP contribution >= 0.6 is 15.9 Å². The largest absolute Gasteiger partial charge is 0.352 e. The molecular weight excluding hydrogens is 282 g/mol. The van der Waals surface area contributed by atoms with E-state index in [0.29, 0.717) is 18.2 Å². The molecule has 2 heterocycles. The number of aromatic nitrogens is 1. The van der Waals surface area contributed by atoms with Crippen LogP contribution in [0.1, 0.15) is 29.6 Å². The third-order valence-corrected chi connectivity index (χ3v) is 3.34. The van der Waals surface area contributed by atoms with Crippen molar-refractivity contribution in [3.8, 4) is 0 Å². The lowest BCUT2D eigenvalue weighted by Gasteiger charge is -2.10. The zero-order valence-electron chi connectivity index (χ0n) is 9.58. The Kier molecular flexibility index (Phi) is 4.50. The van der Waals surface area contributed by atoms with Crippen LogP contribution in [0.3, 0.4) is 0 Å². The van der Waals surface area contributed by atoms with Crippen molar-refractivity contribution in [1.29, 1.82) is 0 Å². The zero-order chi connectivity index (χ0) is 12.1. The minimum Gasteiger partial charge on any atom is -0.352 e. The number of nitrogens with zero attached hydrogens (tertiary/aromatic N) is 1. The summed E-state index contributed by atoms with van der Waals surface area (Å²) in [4.78, 5) is 15.7. The van der Waals surface area contributed by atoms with E-state index in [0.717, 1.165) is 17.4 Å². The summed E-state index contributed by atoms with van der Waals surface area (Å²) in [6.45, 7) is 1.82. The molecule has 92 valence electrons. The number of carbonyl (C=O) groups excluding carboxylic acids is 1. The van der Waals surface area contributed by atoms with Crippen molar-refractivity contribution in [2.24, 2.45) is 0 Å². The minimum absolute atomic E-state index is 0.0585. The van der Waals surface area contributed by atoms with Crippen molar-refractivity contribution in [2.75, 3.05) is 13.1 Å². The van der Waals surface area contributed by atoms with Gasteiger partial charge >= 0.3 is 0 Å². The number of hydrogen-bond donors (Lipinski definition) is 2. The highest BCUT2D eigenvalue weighted by molar-refractivity contribution is 9.10. The number of amides is 1. The molecule has 5 heteroatoms. The third-order valence-electron chi connectivity index (χ3n) is 2.91. The molecule has 0 spiro atoms. The van der Waals surface area contributed by atoms with Crippen LogP contribution in [0.4, 0.5) is 0 Å². The molecule has 0 aromatic carbocycles. The SMILES string of the molecule is O=C(NCC[C@@H]1CCCN1)c1cncc(Br)c1. The van der Waals surface area contributed by atoms with Gasteiger partial charge in [-0.2, -0.15) is 0 Å². The van der Waals surface area contributed by atoms with Gasteiger partial charge in [0.25, 0.3) is 5.91 Å². The van der Waals surface area contributed by atoms with Gasteiger partial charge in [0.05, 0.1) is 5.56 Å². The van der Waals surface area contributed by atoms with Gasteiger partial charge in [-0.15, -0.1) is 0 Å². The quantitative estimate of drug-likeness (QED) is 0.890. The topological polar surface area (TPSA) is 54.0 Å². The van der Waals surface area contributed by atoms with Crippen LogP contribution in [0.2, 0.25) is 0 Å². The summed E-state index contributed by atoms with van der Waals surface area (Å²) in [5, 5.41) is 6.32. The van der Waals surface area contributed by atoms with Gasteiger partial charge in [-0.05, 0) is 47.8 Å². The van der Waals surface area contributed by atoms with Crippen LogP contribution in [0, 0.1) is 0 Å². The van der Waals surface area contributed by atoms with Crippen molar-refractivity contribution < 1.29 is 4.79 Å². The molecule has 2 N–H and O–H groups in total. The maximum atomic E-state index is 11.8. The number of halogens is 1. The molecular formula is C12H16BrN3O. The van der Waals surface area contributed by atoms with Gasteiger partial charge in [-0.25, -0.2) is 0 Å². The average Bonchev–Trinajstić information content (AvgIpc) is 2.82. The first-order chi connectivity index (χ1) is 8.25. The van der Waals surface area contributed by atoms with E-state index >= 15 is 0 Å². The van der Waals surface area contributed by atoms with E-state index in [1.54, 1.807) is 18.5 Å². The summed E-state index contributed by atoms with van der Waals surface area (Å²) in [6.07, 6.45) is 6.70. The second-order valence-electron chi connectivity index (χ2n) is 4.23. The van der Waals surface area contributed by atoms with Crippen molar-refractivity contribution in [3.63, 3.8) is 0 Å². The summed E-state index contributed by atoms with van der Waals surface area (Å²) in [7, 11) is 0. The molecule has 0 unspecified atom stereocenters. The maximum Gasteiger partial charge on any atom is 0.252 e. The second-order valence-corrected chi connectivity index (χ2v) is 5.15. The monoisotopic (exact) mass is 297 g/mol. The first-order valence-corrected chi connectivity index (χ1v) is 6.67. The van der Waals surface area contributed by atoms with Gasteiger partial charge in [-0.1, -0.05) is 0 Å². The van der Waals surface area contributed by atoms with Gasteiger partial charge in [0.15, 0.2) is 0 Å². The molecule has 17 heavy (non-hydrogen) atoms. The molecule has 0 radical (unpaired) electrons. The highest BCUT2D eigenvalue weighted by Crippen LogP contribution is 2.10. The lowest BCUT2D eigenvalue weighted by Crippen LogP contribution is -2.30. The molecule has 1 aliphatic heterocycles. The van der Waals surface area contributed by atoms with Crippen LogP contribution < -0.4 is 10.6 Å². The zero-order valence-corrected chi connectivity index (χ0v) is 11.2. The lowest BCUT2D eigenvalue weighted by atomic mass is 10.1. The Balaban J connectivity index is 1.77. The Morgan fingerprint density at radius 3 is 3.18 bits per heavy atom.